The molecule has 0 aliphatic carbocycles. The Morgan fingerprint density at radius 3 is 1.25 bits per heavy atom. The van der Waals surface area contributed by atoms with Crippen LogP contribution in [-0.4, -0.2) is 34.1 Å². The Morgan fingerprint density at radius 1 is 0.235 bits per heavy atom. The molecule has 0 radical (unpaired) electrons. The maximum Gasteiger partial charge on any atom is 0.238 e. The van der Waals surface area contributed by atoms with Gasteiger partial charge in [-0.15, -0.1) is 0 Å². The molecule has 0 aliphatic rings. The van der Waals surface area contributed by atoms with E-state index in [0.717, 1.165) is 99.6 Å². The van der Waals surface area contributed by atoms with Crippen molar-refractivity contribution in [2.24, 2.45) is 0 Å². The molecule has 0 bridgehead atoms. The van der Waals surface area contributed by atoms with Gasteiger partial charge in [0.1, 0.15) is 0 Å². The number of aromatic nitrogens is 7. The van der Waals surface area contributed by atoms with Crippen molar-refractivity contribution in [1.29, 1.82) is 0 Å². The van der Waals surface area contributed by atoms with Crippen molar-refractivity contribution in [2.45, 2.75) is 0 Å². The summed E-state index contributed by atoms with van der Waals surface area (Å²) in [7, 11) is 0. The van der Waals surface area contributed by atoms with Crippen molar-refractivity contribution < 1.29 is 0 Å². The summed E-state index contributed by atoms with van der Waals surface area (Å²) < 4.78 is 4.56. The van der Waals surface area contributed by atoms with Gasteiger partial charge in [-0.25, -0.2) is 15.0 Å². The lowest BCUT2D eigenvalue weighted by Crippen LogP contribution is -2.06. The third kappa shape index (κ3) is 6.80. The molecular formula is C61H39N7. The second kappa shape index (κ2) is 16.3. The first-order chi connectivity index (χ1) is 33.7. The molecule has 13 rings (SSSR count). The Bertz CT molecular complexity index is 3940. The molecule has 9 aromatic carbocycles. The SMILES string of the molecule is c1ccc(-c2ccc(-c3nc(-c4ccccc4)nc(-n4c5ccccc5c5cc6c7ccccc7n(-c7cccc(-c8nc(-c9ccccc9)cc(-c9ccccc9)n8)c7)c6cc54)n3)cc2)cc1. The van der Waals surface area contributed by atoms with Gasteiger partial charge in [0.25, 0.3) is 0 Å². The Labute approximate surface area is 392 Å². The number of para-hydroxylation sites is 2. The summed E-state index contributed by atoms with van der Waals surface area (Å²) in [5, 5.41) is 4.53. The van der Waals surface area contributed by atoms with Gasteiger partial charge in [-0.3, -0.25) is 4.57 Å². The summed E-state index contributed by atoms with van der Waals surface area (Å²) >= 11 is 0. The molecule has 0 unspecified atom stereocenters. The van der Waals surface area contributed by atoms with Crippen LogP contribution in [0.4, 0.5) is 0 Å². The minimum absolute atomic E-state index is 0.542. The Morgan fingerprint density at radius 2 is 0.662 bits per heavy atom. The smallest absolute Gasteiger partial charge is 0.238 e. The first-order valence-corrected chi connectivity index (χ1v) is 22.7. The van der Waals surface area contributed by atoms with Gasteiger partial charge in [-0.2, -0.15) is 9.97 Å². The summed E-state index contributed by atoms with van der Waals surface area (Å²) in [4.78, 5) is 26.1. The summed E-state index contributed by atoms with van der Waals surface area (Å²) in [5.74, 6) is 2.40. The first kappa shape index (κ1) is 39.1. The lowest BCUT2D eigenvalue weighted by molar-refractivity contribution is 0.953. The molecule has 7 nitrogen and oxygen atoms in total. The Balaban J connectivity index is 1.02. The Kier molecular flexibility index (Phi) is 9.35. The van der Waals surface area contributed by atoms with Gasteiger partial charge in [-0.05, 0) is 53.6 Å². The highest BCUT2D eigenvalue weighted by atomic mass is 15.2. The van der Waals surface area contributed by atoms with E-state index in [1.165, 1.54) is 0 Å². The largest absolute Gasteiger partial charge is 0.309 e. The van der Waals surface area contributed by atoms with E-state index in [-0.39, 0.29) is 0 Å². The van der Waals surface area contributed by atoms with E-state index in [1.807, 2.05) is 60.7 Å². The fourth-order valence-corrected chi connectivity index (χ4v) is 9.55. The van der Waals surface area contributed by atoms with Gasteiger partial charge >= 0.3 is 0 Å². The van der Waals surface area contributed by atoms with Crippen molar-refractivity contribution in [2.75, 3.05) is 0 Å². The lowest BCUT2D eigenvalue weighted by atomic mass is 10.0. The minimum Gasteiger partial charge on any atom is -0.309 e. The van der Waals surface area contributed by atoms with Crippen LogP contribution < -0.4 is 0 Å². The molecule has 0 amide bonds. The molecule has 0 saturated carbocycles. The van der Waals surface area contributed by atoms with E-state index in [0.29, 0.717) is 23.4 Å². The molecule has 4 aromatic heterocycles. The molecule has 0 aliphatic heterocycles. The predicted molar refractivity (Wildman–Crippen MR) is 277 cm³/mol. The summed E-state index contributed by atoms with van der Waals surface area (Å²) in [6.45, 7) is 0. The van der Waals surface area contributed by atoms with Gasteiger partial charge < -0.3 is 4.57 Å². The average molecular weight is 870 g/mol. The van der Waals surface area contributed by atoms with Crippen molar-refractivity contribution in [1.82, 2.24) is 34.1 Å². The van der Waals surface area contributed by atoms with Gasteiger partial charge in [-0.1, -0.05) is 194 Å². The van der Waals surface area contributed by atoms with E-state index in [2.05, 4.69) is 185 Å². The maximum absolute atomic E-state index is 5.30. The Hall–Kier alpha value is -9.33. The van der Waals surface area contributed by atoms with Crippen molar-refractivity contribution in [3.63, 3.8) is 0 Å². The zero-order valence-corrected chi connectivity index (χ0v) is 36.6. The third-order valence-electron chi connectivity index (χ3n) is 12.8. The number of nitrogens with zero attached hydrogens (tertiary/aromatic N) is 7. The van der Waals surface area contributed by atoms with E-state index in [4.69, 9.17) is 24.9 Å². The molecule has 7 heteroatoms. The summed E-state index contributed by atoms with van der Waals surface area (Å²) in [5.41, 5.74) is 14.0. The van der Waals surface area contributed by atoms with Crippen LogP contribution in [0.15, 0.2) is 237 Å². The monoisotopic (exact) mass is 869 g/mol. The highest BCUT2D eigenvalue weighted by Crippen LogP contribution is 2.40. The number of hydrogen-bond donors (Lipinski definition) is 0. The van der Waals surface area contributed by atoms with Crippen LogP contribution in [0.3, 0.4) is 0 Å². The molecule has 68 heavy (non-hydrogen) atoms. The zero-order chi connectivity index (χ0) is 45.0. The molecular weight excluding hydrogens is 831 g/mol. The van der Waals surface area contributed by atoms with Crippen LogP contribution in [0.1, 0.15) is 0 Å². The van der Waals surface area contributed by atoms with E-state index in [1.54, 1.807) is 0 Å². The van der Waals surface area contributed by atoms with Crippen LogP contribution in [0.5, 0.6) is 0 Å². The summed E-state index contributed by atoms with van der Waals surface area (Å²) in [6.07, 6.45) is 0. The third-order valence-corrected chi connectivity index (χ3v) is 12.8. The highest BCUT2D eigenvalue weighted by molar-refractivity contribution is 6.19. The van der Waals surface area contributed by atoms with Gasteiger partial charge in [0, 0.05) is 55.0 Å². The highest BCUT2D eigenvalue weighted by Gasteiger charge is 2.22. The van der Waals surface area contributed by atoms with Gasteiger partial charge in [0.15, 0.2) is 17.5 Å². The van der Waals surface area contributed by atoms with Crippen molar-refractivity contribution in [3.8, 4) is 79.4 Å². The van der Waals surface area contributed by atoms with Crippen LogP contribution >= 0.6 is 0 Å². The molecule has 0 fully saturated rings. The first-order valence-electron chi connectivity index (χ1n) is 22.7. The summed E-state index contributed by atoms with van der Waals surface area (Å²) in [6, 6.07) is 82.1. The van der Waals surface area contributed by atoms with Crippen LogP contribution in [0.25, 0.3) is 123 Å². The molecule has 318 valence electrons. The fraction of sp³-hybridized carbons (Fsp3) is 0. The molecule has 0 saturated heterocycles. The second-order valence-corrected chi connectivity index (χ2v) is 16.9. The fourth-order valence-electron chi connectivity index (χ4n) is 9.55. The van der Waals surface area contributed by atoms with Gasteiger partial charge in [0.2, 0.25) is 5.95 Å². The van der Waals surface area contributed by atoms with E-state index < -0.39 is 0 Å². The van der Waals surface area contributed by atoms with Crippen molar-refractivity contribution >= 4 is 43.6 Å². The number of hydrogen-bond acceptors (Lipinski definition) is 5. The number of rotatable bonds is 8. The quantitative estimate of drug-likeness (QED) is 0.152. The molecule has 0 atom stereocenters. The van der Waals surface area contributed by atoms with Crippen molar-refractivity contribution in [3.05, 3.63) is 237 Å². The molecule has 13 aromatic rings. The predicted octanol–water partition coefficient (Wildman–Crippen LogP) is 14.9. The molecule has 0 spiro atoms. The average Bonchev–Trinajstić information content (AvgIpc) is 3.93. The lowest BCUT2D eigenvalue weighted by Gasteiger charge is -2.13. The van der Waals surface area contributed by atoms with E-state index in [9.17, 15) is 0 Å². The standard InChI is InChI=1S/C61H39N7/c1-5-18-40(19-6-1)41-32-34-45(35-33-41)59-64-58(44-24-11-4-12-25-44)65-61(66-59)68-55-31-16-14-29-49(55)51-37-50-48-28-13-15-30-54(48)67(56(50)39-57(51)68)47-27-17-26-46(36-47)60-62-52(42-20-7-2-8-21-42)38-53(63-60)43-22-9-3-10-23-43/h1-39H. The number of benzene rings is 9. The zero-order valence-electron chi connectivity index (χ0n) is 36.6. The van der Waals surface area contributed by atoms with Gasteiger partial charge in [0.05, 0.1) is 33.5 Å². The van der Waals surface area contributed by atoms with Crippen LogP contribution in [-0.2, 0) is 0 Å². The minimum atomic E-state index is 0.542. The van der Waals surface area contributed by atoms with Crippen LogP contribution in [0.2, 0.25) is 0 Å². The topological polar surface area (TPSA) is 74.3 Å². The molecule has 4 heterocycles. The van der Waals surface area contributed by atoms with Crippen LogP contribution in [0, 0.1) is 0 Å². The normalized spacial score (nSPS) is 11.5. The molecule has 0 N–H and O–H groups in total. The number of fused-ring (bicyclic) bond motifs is 6. The maximum atomic E-state index is 5.30. The van der Waals surface area contributed by atoms with E-state index >= 15 is 0 Å². The second-order valence-electron chi connectivity index (χ2n) is 16.9.